The van der Waals surface area contributed by atoms with Crippen molar-refractivity contribution in [2.75, 3.05) is 24.1 Å². The molecular formula is C31H27Cl2N3O3. The Morgan fingerprint density at radius 2 is 1.44 bits per heavy atom. The summed E-state index contributed by atoms with van der Waals surface area (Å²) in [6.45, 7) is 4.00. The van der Waals surface area contributed by atoms with Gasteiger partial charge in [0.15, 0.2) is 12.0 Å². The van der Waals surface area contributed by atoms with E-state index >= 15 is 0 Å². The third-order valence-electron chi connectivity index (χ3n) is 6.59. The Labute approximate surface area is 238 Å². The Balaban J connectivity index is 1.74. The van der Waals surface area contributed by atoms with Crippen molar-refractivity contribution >= 4 is 46.4 Å². The summed E-state index contributed by atoms with van der Waals surface area (Å²) >= 11 is 13.6. The van der Waals surface area contributed by atoms with Gasteiger partial charge in [0.1, 0.15) is 5.75 Å². The second-order valence-corrected chi connectivity index (χ2v) is 10.1. The maximum Gasteiger partial charge on any atom is 0.337 e. The van der Waals surface area contributed by atoms with Crippen LogP contribution in [0.5, 0.6) is 5.75 Å². The van der Waals surface area contributed by atoms with Gasteiger partial charge in [0, 0.05) is 11.3 Å². The van der Waals surface area contributed by atoms with Crippen LogP contribution in [0.4, 0.5) is 11.4 Å². The summed E-state index contributed by atoms with van der Waals surface area (Å²) in [5.41, 5.74) is 5.84. The van der Waals surface area contributed by atoms with Gasteiger partial charge in [-0.25, -0.2) is 9.80 Å². The molecule has 1 atom stereocenters. The number of ether oxygens (including phenoxy) is 2. The standard InChI is InChI=1S/C31H27Cl2N3O3/c1-19-5-7-22(8-6-19)30-35(24-13-15-25(38-3)16-14-24)29(21-9-11-23(12-10-21)31(37)39-4)34-36(30)28-26(32)17-20(2)18-27(28)33/h5-18,30H,1-4H3. The highest BCUT2D eigenvalue weighted by molar-refractivity contribution is 6.39. The van der Waals surface area contributed by atoms with Gasteiger partial charge in [0.25, 0.3) is 0 Å². The van der Waals surface area contributed by atoms with E-state index in [0.29, 0.717) is 27.1 Å². The molecule has 5 rings (SSSR count). The minimum absolute atomic E-state index is 0.403. The molecule has 0 bridgehead atoms. The SMILES string of the molecule is COC(=O)c1ccc(C2=NN(c3c(Cl)cc(C)cc3Cl)C(c3ccc(C)cc3)N2c2ccc(OC)cc2)cc1. The molecule has 0 saturated heterocycles. The monoisotopic (exact) mass is 559 g/mol. The summed E-state index contributed by atoms with van der Waals surface area (Å²) in [5.74, 6) is 1.00. The summed E-state index contributed by atoms with van der Waals surface area (Å²) in [6.07, 6.45) is -0.410. The molecule has 0 spiro atoms. The van der Waals surface area contributed by atoms with Crippen molar-refractivity contribution in [1.82, 2.24) is 0 Å². The number of hydrogen-bond donors (Lipinski definition) is 0. The molecule has 6 nitrogen and oxygen atoms in total. The largest absolute Gasteiger partial charge is 0.497 e. The van der Waals surface area contributed by atoms with Crippen LogP contribution in [0, 0.1) is 13.8 Å². The van der Waals surface area contributed by atoms with Crippen molar-refractivity contribution < 1.29 is 14.3 Å². The fourth-order valence-electron chi connectivity index (χ4n) is 4.62. The second-order valence-electron chi connectivity index (χ2n) is 9.27. The molecule has 198 valence electrons. The Morgan fingerprint density at radius 3 is 2.00 bits per heavy atom. The fraction of sp³-hybridized carbons (Fsp3) is 0.161. The smallest absolute Gasteiger partial charge is 0.337 e. The van der Waals surface area contributed by atoms with Gasteiger partial charge in [0.2, 0.25) is 0 Å². The average molecular weight is 560 g/mol. The molecule has 1 aliphatic heterocycles. The zero-order valence-corrected chi connectivity index (χ0v) is 23.5. The minimum atomic E-state index is -0.410. The first-order chi connectivity index (χ1) is 18.8. The lowest BCUT2D eigenvalue weighted by Gasteiger charge is -2.33. The molecule has 4 aromatic rings. The highest BCUT2D eigenvalue weighted by atomic mass is 35.5. The highest BCUT2D eigenvalue weighted by Crippen LogP contribution is 2.45. The molecule has 39 heavy (non-hydrogen) atoms. The van der Waals surface area contributed by atoms with Crippen molar-refractivity contribution in [2.45, 2.75) is 20.0 Å². The van der Waals surface area contributed by atoms with Crippen LogP contribution in [0.15, 0.2) is 90.0 Å². The summed E-state index contributed by atoms with van der Waals surface area (Å²) in [7, 11) is 3.00. The zero-order valence-electron chi connectivity index (χ0n) is 22.0. The number of carbonyl (C=O) groups excluding carboxylic acids is 1. The summed E-state index contributed by atoms with van der Waals surface area (Å²) in [6, 6.07) is 27.0. The van der Waals surface area contributed by atoms with Gasteiger partial charge in [-0.1, -0.05) is 65.2 Å². The third kappa shape index (κ3) is 5.18. The molecule has 0 N–H and O–H groups in total. The van der Waals surface area contributed by atoms with Gasteiger partial charge >= 0.3 is 5.97 Å². The first-order valence-corrected chi connectivity index (χ1v) is 13.1. The van der Waals surface area contributed by atoms with E-state index in [2.05, 4.69) is 36.1 Å². The van der Waals surface area contributed by atoms with Gasteiger partial charge < -0.3 is 9.47 Å². The predicted octanol–water partition coefficient (Wildman–Crippen LogP) is 7.79. The molecule has 0 radical (unpaired) electrons. The van der Waals surface area contributed by atoms with Crippen LogP contribution in [-0.2, 0) is 4.74 Å². The van der Waals surface area contributed by atoms with E-state index < -0.39 is 12.1 Å². The number of hydrogen-bond acceptors (Lipinski definition) is 6. The Hall–Kier alpha value is -4.00. The van der Waals surface area contributed by atoms with Crippen LogP contribution in [0.3, 0.4) is 0 Å². The molecular weight excluding hydrogens is 533 g/mol. The number of hydrazone groups is 1. The number of rotatable bonds is 6. The topological polar surface area (TPSA) is 54.4 Å². The van der Waals surface area contributed by atoms with E-state index in [0.717, 1.165) is 33.7 Å². The lowest BCUT2D eigenvalue weighted by Crippen LogP contribution is -2.36. The van der Waals surface area contributed by atoms with Gasteiger partial charge in [-0.2, -0.15) is 5.10 Å². The van der Waals surface area contributed by atoms with Crippen molar-refractivity contribution in [3.8, 4) is 5.75 Å². The molecule has 0 aliphatic carbocycles. The first-order valence-electron chi connectivity index (χ1n) is 12.3. The van der Waals surface area contributed by atoms with Crippen LogP contribution in [0.25, 0.3) is 0 Å². The second kappa shape index (κ2) is 11.0. The summed E-state index contributed by atoms with van der Waals surface area (Å²) in [4.78, 5) is 14.2. The number of amidine groups is 1. The molecule has 0 aromatic heterocycles. The van der Waals surface area contributed by atoms with Crippen LogP contribution < -0.4 is 14.6 Å². The van der Waals surface area contributed by atoms with E-state index in [-0.39, 0.29) is 0 Å². The van der Waals surface area contributed by atoms with Crippen LogP contribution in [0.1, 0.15) is 38.8 Å². The van der Waals surface area contributed by atoms with Crippen LogP contribution >= 0.6 is 23.2 Å². The first kappa shape index (κ1) is 26.6. The normalized spacial score (nSPS) is 14.8. The number of aryl methyl sites for hydroxylation is 2. The minimum Gasteiger partial charge on any atom is -0.497 e. The Kier molecular flexibility index (Phi) is 7.51. The maximum absolute atomic E-state index is 12.1. The van der Waals surface area contributed by atoms with Crippen LogP contribution in [0.2, 0.25) is 10.0 Å². The molecule has 1 unspecified atom stereocenters. The van der Waals surface area contributed by atoms with E-state index in [9.17, 15) is 4.79 Å². The number of halogens is 2. The molecule has 8 heteroatoms. The van der Waals surface area contributed by atoms with Gasteiger partial charge in [0.05, 0.1) is 35.5 Å². The number of esters is 1. The lowest BCUT2D eigenvalue weighted by molar-refractivity contribution is 0.0600. The average Bonchev–Trinajstić information content (AvgIpc) is 3.32. The van der Waals surface area contributed by atoms with Crippen molar-refractivity contribution in [1.29, 1.82) is 0 Å². The predicted molar refractivity (Wildman–Crippen MR) is 157 cm³/mol. The number of methoxy groups -OCH3 is 2. The van der Waals surface area contributed by atoms with E-state index in [1.165, 1.54) is 7.11 Å². The quantitative estimate of drug-likeness (QED) is 0.225. The van der Waals surface area contributed by atoms with Crippen molar-refractivity contribution in [3.05, 3.63) is 123 Å². The molecule has 1 heterocycles. The Morgan fingerprint density at radius 1 is 0.821 bits per heavy atom. The van der Waals surface area contributed by atoms with E-state index in [4.69, 9.17) is 37.8 Å². The van der Waals surface area contributed by atoms with Crippen LogP contribution in [-0.4, -0.2) is 26.0 Å². The third-order valence-corrected chi connectivity index (χ3v) is 7.16. The van der Waals surface area contributed by atoms with Gasteiger partial charge in [-0.3, -0.25) is 4.90 Å². The summed E-state index contributed by atoms with van der Waals surface area (Å²) < 4.78 is 10.3. The molecule has 0 amide bonds. The van der Waals surface area contributed by atoms with E-state index in [1.807, 2.05) is 60.5 Å². The fourth-order valence-corrected chi connectivity index (χ4v) is 5.39. The van der Waals surface area contributed by atoms with Gasteiger partial charge in [-0.05, 0) is 73.5 Å². The number of nitrogens with zero attached hydrogens (tertiary/aromatic N) is 3. The number of benzene rings is 4. The van der Waals surface area contributed by atoms with Crippen molar-refractivity contribution in [3.63, 3.8) is 0 Å². The number of anilines is 2. The van der Waals surface area contributed by atoms with E-state index in [1.54, 1.807) is 19.2 Å². The van der Waals surface area contributed by atoms with Crippen molar-refractivity contribution in [2.24, 2.45) is 5.10 Å². The lowest BCUT2D eigenvalue weighted by atomic mass is 10.1. The molecule has 0 saturated carbocycles. The summed E-state index contributed by atoms with van der Waals surface area (Å²) in [5, 5.41) is 7.97. The van der Waals surface area contributed by atoms with Gasteiger partial charge in [-0.15, -0.1) is 0 Å². The zero-order chi connectivity index (χ0) is 27.7. The Bertz CT molecular complexity index is 1510. The molecule has 1 aliphatic rings. The highest BCUT2D eigenvalue weighted by Gasteiger charge is 2.39. The molecule has 4 aromatic carbocycles. The molecule has 0 fully saturated rings. The maximum atomic E-state index is 12.1. The number of carbonyl (C=O) groups is 1.